The molecule has 0 aliphatic heterocycles. The van der Waals surface area contributed by atoms with Gasteiger partial charge in [-0.2, -0.15) is 0 Å². The lowest BCUT2D eigenvalue weighted by Crippen LogP contribution is -2.16. The highest BCUT2D eigenvalue weighted by molar-refractivity contribution is 6.30. The van der Waals surface area contributed by atoms with Gasteiger partial charge in [0, 0.05) is 11.6 Å². The maximum Gasteiger partial charge on any atom is 0.371 e. The van der Waals surface area contributed by atoms with Crippen molar-refractivity contribution in [3.05, 3.63) is 58.5 Å². The zero-order valence-electron chi connectivity index (χ0n) is 10.5. The molecular formula is C14H14ClNO3. The molecule has 100 valence electrons. The fraction of sp³-hybridized carbons (Fsp3) is 0.214. The Labute approximate surface area is 116 Å². The van der Waals surface area contributed by atoms with Crippen LogP contribution in [0.4, 0.5) is 0 Å². The molecule has 0 atom stereocenters. The van der Waals surface area contributed by atoms with Gasteiger partial charge in [-0.25, -0.2) is 4.79 Å². The molecule has 4 nitrogen and oxygen atoms in total. The number of furan rings is 1. The minimum absolute atomic E-state index is 0.0360. The molecule has 1 heterocycles. The van der Waals surface area contributed by atoms with Crippen LogP contribution in [-0.4, -0.2) is 23.0 Å². The van der Waals surface area contributed by atoms with E-state index < -0.39 is 5.97 Å². The van der Waals surface area contributed by atoms with Gasteiger partial charge in [0.15, 0.2) is 0 Å². The Kier molecular flexibility index (Phi) is 4.24. The van der Waals surface area contributed by atoms with Crippen molar-refractivity contribution in [2.45, 2.75) is 13.1 Å². The molecular weight excluding hydrogens is 266 g/mol. The Hall–Kier alpha value is -1.78. The van der Waals surface area contributed by atoms with Crippen LogP contribution in [0.2, 0.25) is 5.02 Å². The summed E-state index contributed by atoms with van der Waals surface area (Å²) < 4.78 is 5.21. The van der Waals surface area contributed by atoms with Gasteiger partial charge in [-0.05, 0) is 36.9 Å². The normalized spacial score (nSPS) is 10.9. The fourth-order valence-corrected chi connectivity index (χ4v) is 2.06. The second kappa shape index (κ2) is 5.91. The van der Waals surface area contributed by atoms with Crippen LogP contribution in [0.1, 0.15) is 21.9 Å². The van der Waals surface area contributed by atoms with Gasteiger partial charge in [0.25, 0.3) is 0 Å². The number of hydrogen-bond acceptors (Lipinski definition) is 3. The Balaban J connectivity index is 1.97. The summed E-state index contributed by atoms with van der Waals surface area (Å²) in [6.07, 6.45) is 0. The highest BCUT2D eigenvalue weighted by Crippen LogP contribution is 2.14. The van der Waals surface area contributed by atoms with Crippen LogP contribution in [-0.2, 0) is 13.1 Å². The molecule has 1 aromatic heterocycles. The number of carboxylic acids is 1. The monoisotopic (exact) mass is 279 g/mol. The predicted octanol–water partition coefficient (Wildman–Crippen LogP) is 3.26. The van der Waals surface area contributed by atoms with Crippen LogP contribution in [0.15, 0.2) is 40.8 Å². The first-order valence-electron chi connectivity index (χ1n) is 5.79. The van der Waals surface area contributed by atoms with Crippen molar-refractivity contribution >= 4 is 17.6 Å². The van der Waals surface area contributed by atoms with Crippen molar-refractivity contribution in [3.63, 3.8) is 0 Å². The number of carboxylic acid groups (broad SMARTS) is 1. The molecule has 0 fully saturated rings. The summed E-state index contributed by atoms with van der Waals surface area (Å²) in [5.74, 6) is -0.461. The summed E-state index contributed by atoms with van der Waals surface area (Å²) in [4.78, 5) is 12.7. The molecule has 0 aliphatic rings. The zero-order valence-corrected chi connectivity index (χ0v) is 11.2. The van der Waals surface area contributed by atoms with Crippen molar-refractivity contribution in [1.29, 1.82) is 0 Å². The SMILES string of the molecule is CN(Cc1cccc(Cl)c1)Cc1ccc(C(=O)O)o1. The van der Waals surface area contributed by atoms with E-state index in [0.29, 0.717) is 23.9 Å². The Bertz CT molecular complexity index is 580. The van der Waals surface area contributed by atoms with E-state index in [0.717, 1.165) is 5.56 Å². The number of halogens is 1. The van der Waals surface area contributed by atoms with E-state index in [1.165, 1.54) is 6.07 Å². The first kappa shape index (κ1) is 13.6. The third-order valence-corrected chi connectivity index (χ3v) is 2.87. The molecule has 1 aromatic carbocycles. The summed E-state index contributed by atoms with van der Waals surface area (Å²) in [7, 11) is 1.93. The van der Waals surface area contributed by atoms with Crippen LogP contribution < -0.4 is 0 Å². The maximum atomic E-state index is 10.7. The average molecular weight is 280 g/mol. The van der Waals surface area contributed by atoms with Crippen LogP contribution in [0.5, 0.6) is 0 Å². The lowest BCUT2D eigenvalue weighted by Gasteiger charge is -2.15. The van der Waals surface area contributed by atoms with E-state index in [1.54, 1.807) is 6.07 Å². The lowest BCUT2D eigenvalue weighted by atomic mass is 10.2. The lowest BCUT2D eigenvalue weighted by molar-refractivity contribution is 0.0658. The van der Waals surface area contributed by atoms with Crippen LogP contribution in [0, 0.1) is 0 Å². The van der Waals surface area contributed by atoms with E-state index in [4.69, 9.17) is 21.1 Å². The van der Waals surface area contributed by atoms with E-state index in [9.17, 15) is 4.79 Å². The maximum absolute atomic E-state index is 10.7. The van der Waals surface area contributed by atoms with Crippen molar-refractivity contribution in [3.8, 4) is 0 Å². The van der Waals surface area contributed by atoms with Gasteiger partial charge < -0.3 is 9.52 Å². The Morgan fingerprint density at radius 2 is 2.11 bits per heavy atom. The number of nitrogens with zero attached hydrogens (tertiary/aromatic N) is 1. The van der Waals surface area contributed by atoms with Gasteiger partial charge in [-0.1, -0.05) is 23.7 Å². The molecule has 2 rings (SSSR count). The van der Waals surface area contributed by atoms with Crippen molar-refractivity contribution in [2.24, 2.45) is 0 Å². The molecule has 0 unspecified atom stereocenters. The van der Waals surface area contributed by atoms with Gasteiger partial charge >= 0.3 is 5.97 Å². The molecule has 0 amide bonds. The number of benzene rings is 1. The number of rotatable bonds is 5. The van der Waals surface area contributed by atoms with Crippen molar-refractivity contribution in [2.75, 3.05) is 7.05 Å². The minimum Gasteiger partial charge on any atom is -0.475 e. The van der Waals surface area contributed by atoms with Gasteiger partial charge in [0.05, 0.1) is 6.54 Å². The highest BCUT2D eigenvalue weighted by atomic mass is 35.5. The quantitative estimate of drug-likeness (QED) is 0.913. The van der Waals surface area contributed by atoms with Gasteiger partial charge in [0.2, 0.25) is 5.76 Å². The van der Waals surface area contributed by atoms with Crippen LogP contribution in [0.3, 0.4) is 0 Å². The number of aromatic carboxylic acids is 1. The molecule has 0 aliphatic carbocycles. The van der Waals surface area contributed by atoms with Crippen LogP contribution in [0.25, 0.3) is 0 Å². The largest absolute Gasteiger partial charge is 0.475 e. The standard InChI is InChI=1S/C14H14ClNO3/c1-16(8-10-3-2-4-11(15)7-10)9-12-5-6-13(19-12)14(17)18/h2-7H,8-9H2,1H3,(H,17,18). The van der Waals surface area contributed by atoms with E-state index in [-0.39, 0.29) is 5.76 Å². The summed E-state index contributed by atoms with van der Waals surface area (Å²) >= 11 is 5.92. The summed E-state index contributed by atoms with van der Waals surface area (Å²) in [6, 6.07) is 10.8. The Morgan fingerprint density at radius 3 is 2.74 bits per heavy atom. The number of hydrogen-bond donors (Lipinski definition) is 1. The molecule has 0 radical (unpaired) electrons. The first-order valence-corrected chi connectivity index (χ1v) is 6.17. The summed E-state index contributed by atoms with van der Waals surface area (Å²) in [6.45, 7) is 1.25. The highest BCUT2D eigenvalue weighted by Gasteiger charge is 2.10. The van der Waals surface area contributed by atoms with Gasteiger partial charge in [-0.3, -0.25) is 4.90 Å². The molecule has 19 heavy (non-hydrogen) atoms. The molecule has 0 saturated heterocycles. The molecule has 5 heteroatoms. The molecule has 0 saturated carbocycles. The van der Waals surface area contributed by atoms with E-state index in [1.807, 2.05) is 36.2 Å². The van der Waals surface area contributed by atoms with E-state index in [2.05, 4.69) is 0 Å². The second-order valence-electron chi connectivity index (χ2n) is 4.37. The minimum atomic E-state index is -1.05. The predicted molar refractivity (Wildman–Crippen MR) is 72.3 cm³/mol. The smallest absolute Gasteiger partial charge is 0.371 e. The first-order chi connectivity index (χ1) is 9.04. The fourth-order valence-electron chi connectivity index (χ4n) is 1.85. The van der Waals surface area contributed by atoms with Gasteiger partial charge in [-0.15, -0.1) is 0 Å². The van der Waals surface area contributed by atoms with Crippen molar-refractivity contribution in [1.82, 2.24) is 4.90 Å². The third-order valence-electron chi connectivity index (χ3n) is 2.64. The topological polar surface area (TPSA) is 53.7 Å². The van der Waals surface area contributed by atoms with Crippen LogP contribution >= 0.6 is 11.6 Å². The van der Waals surface area contributed by atoms with Crippen molar-refractivity contribution < 1.29 is 14.3 Å². The molecule has 2 aromatic rings. The molecule has 1 N–H and O–H groups in total. The average Bonchev–Trinajstić information content (AvgIpc) is 2.77. The number of carbonyl (C=O) groups is 1. The zero-order chi connectivity index (χ0) is 13.8. The Morgan fingerprint density at radius 1 is 1.32 bits per heavy atom. The molecule has 0 spiro atoms. The van der Waals surface area contributed by atoms with E-state index >= 15 is 0 Å². The summed E-state index contributed by atoms with van der Waals surface area (Å²) in [5.41, 5.74) is 1.10. The summed E-state index contributed by atoms with van der Waals surface area (Å²) in [5, 5.41) is 9.48. The second-order valence-corrected chi connectivity index (χ2v) is 4.81. The molecule has 0 bridgehead atoms. The van der Waals surface area contributed by atoms with Gasteiger partial charge in [0.1, 0.15) is 5.76 Å². The third kappa shape index (κ3) is 3.84.